The minimum absolute atomic E-state index is 0.866. The Morgan fingerprint density at radius 2 is 1.89 bits per heavy atom. The number of hydrogen-bond acceptors (Lipinski definition) is 3. The van der Waals surface area contributed by atoms with E-state index in [-0.39, 0.29) is 0 Å². The Balaban J connectivity index is 1.42. The van der Waals surface area contributed by atoms with E-state index in [0.29, 0.717) is 0 Å². The fourth-order valence-electron chi connectivity index (χ4n) is 4.28. The maximum atomic E-state index is 4.78. The van der Waals surface area contributed by atoms with E-state index < -0.39 is 0 Å². The first-order valence-electron chi connectivity index (χ1n) is 9.39. The highest BCUT2D eigenvalue weighted by atomic mass is 15.3. The van der Waals surface area contributed by atoms with Crippen molar-refractivity contribution in [3.63, 3.8) is 0 Å². The van der Waals surface area contributed by atoms with Gasteiger partial charge in [-0.25, -0.2) is 4.98 Å². The summed E-state index contributed by atoms with van der Waals surface area (Å²) in [4.78, 5) is 4.61. The molecular formula is C22H19N5. The van der Waals surface area contributed by atoms with Gasteiger partial charge in [-0.05, 0) is 46.9 Å². The lowest BCUT2D eigenvalue weighted by Gasteiger charge is -2.13. The van der Waals surface area contributed by atoms with Crippen LogP contribution in [0.4, 0.5) is 0 Å². The third kappa shape index (κ3) is 2.28. The molecule has 1 aliphatic carbocycles. The minimum Gasteiger partial charge on any atom is -0.309 e. The van der Waals surface area contributed by atoms with Crippen molar-refractivity contribution in [2.75, 3.05) is 6.54 Å². The Kier molecular flexibility index (Phi) is 3.13. The summed E-state index contributed by atoms with van der Waals surface area (Å²) in [6, 6.07) is 17.5. The first kappa shape index (κ1) is 14.9. The van der Waals surface area contributed by atoms with E-state index in [1.807, 2.05) is 12.4 Å². The highest BCUT2D eigenvalue weighted by molar-refractivity contribution is 5.78. The summed E-state index contributed by atoms with van der Waals surface area (Å²) in [6.07, 6.45) is 4.87. The lowest BCUT2D eigenvalue weighted by Crippen LogP contribution is -2.28. The van der Waals surface area contributed by atoms with Crippen LogP contribution in [-0.4, -0.2) is 25.9 Å². The maximum absolute atomic E-state index is 4.78. The van der Waals surface area contributed by atoms with Crippen LogP contribution in [0.2, 0.25) is 0 Å². The van der Waals surface area contributed by atoms with E-state index in [9.17, 15) is 0 Å². The molecule has 5 heteroatoms. The summed E-state index contributed by atoms with van der Waals surface area (Å²) in [5.74, 6) is 0.896. The van der Waals surface area contributed by atoms with E-state index in [4.69, 9.17) is 5.10 Å². The Labute approximate surface area is 157 Å². The molecule has 0 fully saturated rings. The molecule has 0 saturated heterocycles. The van der Waals surface area contributed by atoms with Gasteiger partial charge < -0.3 is 5.32 Å². The van der Waals surface area contributed by atoms with Gasteiger partial charge in [0.25, 0.3) is 0 Å². The van der Waals surface area contributed by atoms with Crippen LogP contribution in [0.3, 0.4) is 0 Å². The van der Waals surface area contributed by atoms with Crippen LogP contribution in [0.1, 0.15) is 16.8 Å². The third-order valence-corrected chi connectivity index (χ3v) is 5.60. The lowest BCUT2D eigenvalue weighted by molar-refractivity contribution is 0.476. The monoisotopic (exact) mass is 353 g/mol. The topological polar surface area (TPSA) is 47.7 Å². The molecule has 0 amide bonds. The van der Waals surface area contributed by atoms with E-state index in [1.54, 1.807) is 0 Å². The van der Waals surface area contributed by atoms with Crippen molar-refractivity contribution in [3.05, 3.63) is 77.7 Å². The normalized spacial score (nSPS) is 14.7. The Morgan fingerprint density at radius 3 is 2.85 bits per heavy atom. The molecule has 132 valence electrons. The summed E-state index contributed by atoms with van der Waals surface area (Å²) < 4.78 is 4.23. The number of nitrogens with zero attached hydrogens (tertiary/aromatic N) is 4. The largest absolute Gasteiger partial charge is 0.309 e. The standard InChI is InChI=1S/C22H19N5/c1-2-4-19-15(3-1)11-16-12-17(5-6-20(16)19)26-9-8-24-22(26)21-13-18-14-23-7-10-27(18)25-21/h1-6,8-9,12-13,23H,7,10-11,14H2. The molecule has 0 atom stereocenters. The molecule has 4 aromatic rings. The number of aromatic nitrogens is 4. The number of nitrogens with one attached hydrogen (secondary N) is 1. The summed E-state index contributed by atoms with van der Waals surface area (Å²) in [5, 5.41) is 8.17. The minimum atomic E-state index is 0.866. The van der Waals surface area contributed by atoms with Gasteiger partial charge in [-0.1, -0.05) is 30.3 Å². The maximum Gasteiger partial charge on any atom is 0.165 e. The van der Waals surface area contributed by atoms with Crippen LogP contribution < -0.4 is 5.32 Å². The number of benzene rings is 2. The van der Waals surface area contributed by atoms with Crippen LogP contribution in [-0.2, 0) is 19.5 Å². The zero-order chi connectivity index (χ0) is 17.8. The molecule has 27 heavy (non-hydrogen) atoms. The van der Waals surface area contributed by atoms with Gasteiger partial charge in [0.2, 0.25) is 0 Å². The van der Waals surface area contributed by atoms with Crippen molar-refractivity contribution >= 4 is 0 Å². The van der Waals surface area contributed by atoms with E-state index in [1.165, 1.54) is 27.9 Å². The molecule has 0 saturated carbocycles. The van der Waals surface area contributed by atoms with Crippen molar-refractivity contribution in [2.45, 2.75) is 19.5 Å². The Morgan fingerprint density at radius 1 is 0.963 bits per heavy atom. The summed E-state index contributed by atoms with van der Waals surface area (Å²) in [7, 11) is 0. The molecule has 1 aliphatic heterocycles. The second-order valence-electron chi connectivity index (χ2n) is 7.22. The van der Waals surface area contributed by atoms with Gasteiger partial charge in [-0.2, -0.15) is 5.10 Å². The van der Waals surface area contributed by atoms with Crippen LogP contribution in [0.15, 0.2) is 60.9 Å². The number of hydrogen-bond donors (Lipinski definition) is 1. The Bertz CT molecular complexity index is 1140. The number of imidazole rings is 1. The lowest BCUT2D eigenvalue weighted by atomic mass is 10.1. The van der Waals surface area contributed by atoms with Crippen molar-refractivity contribution in [1.82, 2.24) is 24.6 Å². The molecule has 2 aliphatic rings. The predicted molar refractivity (Wildman–Crippen MR) is 105 cm³/mol. The zero-order valence-electron chi connectivity index (χ0n) is 14.9. The van der Waals surface area contributed by atoms with Crippen molar-refractivity contribution < 1.29 is 0 Å². The van der Waals surface area contributed by atoms with E-state index in [0.717, 1.165) is 43.3 Å². The molecule has 0 radical (unpaired) electrons. The second-order valence-corrected chi connectivity index (χ2v) is 7.22. The van der Waals surface area contributed by atoms with Gasteiger partial charge in [0.15, 0.2) is 5.82 Å². The van der Waals surface area contributed by atoms with Gasteiger partial charge in [-0.15, -0.1) is 0 Å². The van der Waals surface area contributed by atoms with Crippen LogP contribution in [0.25, 0.3) is 28.3 Å². The molecular weight excluding hydrogens is 334 g/mol. The Hall–Kier alpha value is -3.18. The number of rotatable bonds is 2. The summed E-state index contributed by atoms with van der Waals surface area (Å²) >= 11 is 0. The quantitative estimate of drug-likeness (QED) is 0.529. The SMILES string of the molecule is c1ccc2c(c1)Cc1cc(-n3ccnc3-c3cc4n(n3)CCNC4)ccc1-2. The molecule has 0 bridgehead atoms. The van der Waals surface area contributed by atoms with E-state index in [2.05, 4.69) is 68.1 Å². The molecule has 6 rings (SSSR count). The molecule has 0 spiro atoms. The summed E-state index contributed by atoms with van der Waals surface area (Å²) in [5.41, 5.74) is 8.78. The molecule has 5 nitrogen and oxygen atoms in total. The van der Waals surface area contributed by atoms with E-state index >= 15 is 0 Å². The van der Waals surface area contributed by atoms with Crippen LogP contribution >= 0.6 is 0 Å². The first-order chi connectivity index (χ1) is 13.4. The van der Waals surface area contributed by atoms with Gasteiger partial charge >= 0.3 is 0 Å². The van der Waals surface area contributed by atoms with Gasteiger partial charge in [0.1, 0.15) is 5.69 Å². The third-order valence-electron chi connectivity index (χ3n) is 5.60. The van der Waals surface area contributed by atoms with Gasteiger partial charge in [0, 0.05) is 31.2 Å². The van der Waals surface area contributed by atoms with Crippen LogP contribution in [0.5, 0.6) is 0 Å². The average molecular weight is 353 g/mol. The van der Waals surface area contributed by atoms with Gasteiger partial charge in [-0.3, -0.25) is 9.25 Å². The average Bonchev–Trinajstić information content (AvgIpc) is 3.42. The summed E-state index contributed by atoms with van der Waals surface area (Å²) in [6.45, 7) is 2.74. The van der Waals surface area contributed by atoms with Crippen LogP contribution in [0, 0.1) is 0 Å². The second kappa shape index (κ2) is 5.66. The number of fused-ring (bicyclic) bond motifs is 4. The molecule has 2 aromatic heterocycles. The highest BCUT2D eigenvalue weighted by Crippen LogP contribution is 2.37. The highest BCUT2D eigenvalue weighted by Gasteiger charge is 2.20. The molecule has 0 unspecified atom stereocenters. The predicted octanol–water partition coefficient (Wildman–Crippen LogP) is 3.41. The molecule has 2 aromatic carbocycles. The van der Waals surface area contributed by atoms with Crippen molar-refractivity contribution in [1.29, 1.82) is 0 Å². The first-order valence-corrected chi connectivity index (χ1v) is 9.39. The fraction of sp³-hybridized carbons (Fsp3) is 0.182. The molecule has 3 heterocycles. The van der Waals surface area contributed by atoms with Crippen molar-refractivity contribution in [2.24, 2.45) is 0 Å². The van der Waals surface area contributed by atoms with Crippen molar-refractivity contribution in [3.8, 4) is 28.3 Å². The molecule has 1 N–H and O–H groups in total. The fourth-order valence-corrected chi connectivity index (χ4v) is 4.28. The smallest absolute Gasteiger partial charge is 0.165 e. The van der Waals surface area contributed by atoms with Gasteiger partial charge in [0.05, 0.1) is 12.2 Å². The zero-order valence-corrected chi connectivity index (χ0v) is 14.9.